The van der Waals surface area contributed by atoms with Crippen molar-refractivity contribution < 1.29 is 22.8 Å². The number of hydrogen-bond donors (Lipinski definition) is 0. The van der Waals surface area contributed by atoms with Gasteiger partial charge >= 0.3 is 6.18 Å². The third-order valence-electron chi connectivity index (χ3n) is 6.63. The summed E-state index contributed by atoms with van der Waals surface area (Å²) in [7, 11) is 0. The van der Waals surface area contributed by atoms with Crippen LogP contribution in [0.3, 0.4) is 0 Å². The normalized spacial score (nSPS) is 22.9. The SMILES string of the molecule is CC1CN(C2CCC2)C(=O)CN1C(=O)c1nc2c(C(F)(F)F)cc(C3CC3)cn2c1Cl. The number of fused-ring (bicyclic) bond motifs is 1. The fourth-order valence-corrected chi connectivity index (χ4v) is 4.71. The van der Waals surface area contributed by atoms with E-state index in [0.717, 1.165) is 42.6 Å². The fourth-order valence-electron chi connectivity index (χ4n) is 4.46. The van der Waals surface area contributed by atoms with E-state index >= 15 is 0 Å². The average Bonchev–Trinajstić information content (AvgIpc) is 3.45. The molecule has 0 radical (unpaired) electrons. The molecule has 2 amide bonds. The lowest BCUT2D eigenvalue weighted by molar-refractivity contribution is -0.141. The number of imidazole rings is 1. The van der Waals surface area contributed by atoms with Gasteiger partial charge in [0.15, 0.2) is 11.3 Å². The van der Waals surface area contributed by atoms with Gasteiger partial charge in [0.2, 0.25) is 5.91 Å². The van der Waals surface area contributed by atoms with Gasteiger partial charge in [-0.05, 0) is 56.6 Å². The number of nitrogens with zero attached hydrogens (tertiary/aromatic N) is 4. The highest BCUT2D eigenvalue weighted by atomic mass is 35.5. The zero-order valence-electron chi connectivity index (χ0n) is 17.0. The first-order chi connectivity index (χ1) is 14.6. The molecule has 166 valence electrons. The first-order valence-corrected chi connectivity index (χ1v) is 10.9. The zero-order valence-corrected chi connectivity index (χ0v) is 17.7. The number of pyridine rings is 1. The molecule has 0 N–H and O–H groups in total. The summed E-state index contributed by atoms with van der Waals surface area (Å²) in [5.74, 6) is -0.702. The van der Waals surface area contributed by atoms with Gasteiger partial charge in [0.05, 0.1) is 5.56 Å². The summed E-state index contributed by atoms with van der Waals surface area (Å²) >= 11 is 6.38. The molecule has 2 aliphatic carbocycles. The number of hydrogen-bond acceptors (Lipinski definition) is 3. The Balaban J connectivity index is 1.50. The van der Waals surface area contributed by atoms with E-state index in [-0.39, 0.29) is 41.3 Å². The smallest absolute Gasteiger partial charge is 0.336 e. The van der Waals surface area contributed by atoms with Crippen molar-refractivity contribution in [2.75, 3.05) is 13.1 Å². The standard InChI is InChI=1S/C21H22ClF3N4O2/c1-11-8-28(14-3-2-4-14)16(30)10-27(11)20(31)17-18(22)29-9-13(12-5-6-12)7-15(19(29)26-17)21(23,24)25/h7,9,11-12,14H,2-6,8,10H2,1H3. The number of alkyl halides is 3. The molecule has 3 aliphatic rings. The molecular weight excluding hydrogens is 433 g/mol. The van der Waals surface area contributed by atoms with Crippen LogP contribution < -0.4 is 0 Å². The minimum absolute atomic E-state index is 0.0698. The molecule has 31 heavy (non-hydrogen) atoms. The first kappa shape index (κ1) is 20.6. The van der Waals surface area contributed by atoms with E-state index in [2.05, 4.69) is 4.98 Å². The molecule has 5 rings (SSSR count). The van der Waals surface area contributed by atoms with Gasteiger partial charge in [0.25, 0.3) is 5.91 Å². The molecule has 2 aromatic heterocycles. The summed E-state index contributed by atoms with van der Waals surface area (Å²) in [4.78, 5) is 33.0. The van der Waals surface area contributed by atoms with Crippen LogP contribution >= 0.6 is 11.6 Å². The highest BCUT2D eigenvalue weighted by Crippen LogP contribution is 2.43. The monoisotopic (exact) mass is 454 g/mol. The van der Waals surface area contributed by atoms with Crippen LogP contribution in [0.1, 0.15) is 66.6 Å². The second-order valence-electron chi connectivity index (χ2n) is 8.82. The molecule has 2 saturated carbocycles. The lowest BCUT2D eigenvalue weighted by atomic mass is 9.90. The van der Waals surface area contributed by atoms with E-state index in [9.17, 15) is 22.8 Å². The maximum atomic E-state index is 13.7. The molecule has 1 aliphatic heterocycles. The lowest BCUT2D eigenvalue weighted by Gasteiger charge is -2.45. The topological polar surface area (TPSA) is 57.9 Å². The van der Waals surface area contributed by atoms with E-state index in [1.807, 2.05) is 11.8 Å². The van der Waals surface area contributed by atoms with Crippen LogP contribution in [0.4, 0.5) is 13.2 Å². The molecule has 1 unspecified atom stereocenters. The van der Waals surface area contributed by atoms with Gasteiger partial charge in [-0.15, -0.1) is 0 Å². The van der Waals surface area contributed by atoms with Crippen molar-refractivity contribution in [2.45, 2.75) is 63.2 Å². The summed E-state index contributed by atoms with van der Waals surface area (Å²) in [5.41, 5.74) is -1.01. The third-order valence-corrected chi connectivity index (χ3v) is 7.00. The molecule has 0 aromatic carbocycles. The number of piperazine rings is 1. The Labute approximate surface area is 182 Å². The molecule has 0 spiro atoms. The second-order valence-corrected chi connectivity index (χ2v) is 9.17. The number of carbonyl (C=O) groups excluding carboxylic acids is 2. The van der Waals surface area contributed by atoms with Crippen LogP contribution in [-0.4, -0.2) is 56.2 Å². The predicted molar refractivity (Wildman–Crippen MR) is 107 cm³/mol. The van der Waals surface area contributed by atoms with Crippen molar-refractivity contribution in [2.24, 2.45) is 0 Å². The highest BCUT2D eigenvalue weighted by molar-refractivity contribution is 6.33. The van der Waals surface area contributed by atoms with Crippen molar-refractivity contribution in [1.29, 1.82) is 0 Å². The van der Waals surface area contributed by atoms with E-state index in [4.69, 9.17) is 11.6 Å². The summed E-state index contributed by atoms with van der Waals surface area (Å²) < 4.78 is 42.3. The number of aromatic nitrogens is 2. The highest BCUT2D eigenvalue weighted by Gasteiger charge is 2.41. The molecular formula is C21H22ClF3N4O2. The minimum atomic E-state index is -4.63. The Morgan fingerprint density at radius 2 is 1.94 bits per heavy atom. The number of halogens is 4. The molecule has 1 saturated heterocycles. The van der Waals surface area contributed by atoms with Gasteiger partial charge in [-0.2, -0.15) is 13.2 Å². The Morgan fingerprint density at radius 3 is 2.52 bits per heavy atom. The fraction of sp³-hybridized carbons (Fsp3) is 0.571. The molecule has 6 nitrogen and oxygen atoms in total. The van der Waals surface area contributed by atoms with Crippen molar-refractivity contribution in [3.63, 3.8) is 0 Å². The van der Waals surface area contributed by atoms with E-state index in [1.165, 1.54) is 11.1 Å². The second kappa shape index (κ2) is 7.12. The van der Waals surface area contributed by atoms with Crippen LogP contribution in [0.15, 0.2) is 12.3 Å². The van der Waals surface area contributed by atoms with Crippen molar-refractivity contribution in [3.8, 4) is 0 Å². The van der Waals surface area contributed by atoms with Gasteiger partial charge in [-0.25, -0.2) is 4.98 Å². The molecule has 0 bridgehead atoms. The van der Waals surface area contributed by atoms with Gasteiger partial charge in [-0.1, -0.05) is 11.6 Å². The van der Waals surface area contributed by atoms with Gasteiger partial charge in [0.1, 0.15) is 11.7 Å². The molecule has 3 fully saturated rings. The Hall–Kier alpha value is -2.29. The lowest BCUT2D eigenvalue weighted by Crippen LogP contribution is -2.60. The van der Waals surface area contributed by atoms with Crippen molar-refractivity contribution in [3.05, 3.63) is 34.2 Å². The van der Waals surface area contributed by atoms with Gasteiger partial charge < -0.3 is 9.80 Å². The Bertz CT molecular complexity index is 1070. The maximum Gasteiger partial charge on any atom is 0.419 e. The van der Waals surface area contributed by atoms with E-state index in [1.54, 1.807) is 0 Å². The van der Waals surface area contributed by atoms with Crippen molar-refractivity contribution in [1.82, 2.24) is 19.2 Å². The molecule has 1 atom stereocenters. The predicted octanol–water partition coefficient (Wildman–Crippen LogP) is 4.11. The van der Waals surface area contributed by atoms with Crippen LogP contribution in [-0.2, 0) is 11.0 Å². The Morgan fingerprint density at radius 1 is 1.23 bits per heavy atom. The first-order valence-electron chi connectivity index (χ1n) is 10.5. The zero-order chi connectivity index (χ0) is 22.1. The van der Waals surface area contributed by atoms with E-state index in [0.29, 0.717) is 12.1 Å². The summed E-state index contributed by atoms with van der Waals surface area (Å²) in [6.07, 6.45) is 1.59. The Kier molecular flexibility index (Phi) is 4.73. The maximum absolute atomic E-state index is 13.7. The number of amides is 2. The molecule has 10 heteroatoms. The average molecular weight is 455 g/mol. The quantitative estimate of drug-likeness (QED) is 0.701. The number of carbonyl (C=O) groups is 2. The van der Waals surface area contributed by atoms with Gasteiger partial charge in [0, 0.05) is 24.8 Å². The van der Waals surface area contributed by atoms with Crippen LogP contribution in [0.25, 0.3) is 5.65 Å². The number of rotatable bonds is 3. The third kappa shape index (κ3) is 3.46. The van der Waals surface area contributed by atoms with Crippen LogP contribution in [0.5, 0.6) is 0 Å². The molecule has 3 heterocycles. The summed E-state index contributed by atoms with van der Waals surface area (Å²) in [6.45, 7) is 2.10. The largest absolute Gasteiger partial charge is 0.419 e. The minimum Gasteiger partial charge on any atom is -0.336 e. The van der Waals surface area contributed by atoms with Crippen LogP contribution in [0, 0.1) is 0 Å². The summed E-state index contributed by atoms with van der Waals surface area (Å²) in [5, 5.41) is -0.158. The van der Waals surface area contributed by atoms with Gasteiger partial charge in [-0.3, -0.25) is 14.0 Å². The van der Waals surface area contributed by atoms with Crippen LogP contribution in [0.2, 0.25) is 5.15 Å². The summed E-state index contributed by atoms with van der Waals surface area (Å²) in [6, 6.07) is 1.05. The molecule has 2 aromatic rings. The van der Waals surface area contributed by atoms with Crippen molar-refractivity contribution >= 4 is 29.1 Å². The van der Waals surface area contributed by atoms with E-state index < -0.39 is 23.3 Å².